The minimum atomic E-state index is -0.306. The number of hydrogen-bond acceptors (Lipinski definition) is 5. The summed E-state index contributed by atoms with van der Waals surface area (Å²) in [5.41, 5.74) is 2.95. The maximum absolute atomic E-state index is 12.9. The maximum Gasteiger partial charge on any atom is 0.261 e. The number of carbonyl (C=O) groups excluding carboxylic acids is 3. The third-order valence-corrected chi connectivity index (χ3v) is 6.08. The first-order valence-corrected chi connectivity index (χ1v) is 10.6. The number of fused-ring (bicyclic) bond motifs is 1. The zero-order chi connectivity index (χ0) is 21.3. The third-order valence-electron chi connectivity index (χ3n) is 5.04. The van der Waals surface area contributed by atoms with Crippen LogP contribution in [0.1, 0.15) is 54.3 Å². The predicted octanol–water partition coefficient (Wildman–Crippen LogP) is 3.77. The Kier molecular flexibility index (Phi) is 5.46. The molecule has 0 spiro atoms. The fourth-order valence-electron chi connectivity index (χ4n) is 3.49. The molecule has 2 heterocycles. The van der Waals surface area contributed by atoms with Gasteiger partial charge in [-0.15, -0.1) is 11.3 Å². The minimum absolute atomic E-state index is 0.128. The quantitative estimate of drug-likeness (QED) is 0.570. The molecule has 3 amide bonds. The number of nitrogens with zero attached hydrogens (tertiary/aromatic N) is 3. The molecule has 0 bridgehead atoms. The van der Waals surface area contributed by atoms with Gasteiger partial charge in [0, 0.05) is 18.0 Å². The van der Waals surface area contributed by atoms with Crippen LogP contribution in [0.25, 0.3) is 0 Å². The summed E-state index contributed by atoms with van der Waals surface area (Å²) >= 11 is 1.60. The average Bonchev–Trinajstić information content (AvgIpc) is 3.32. The normalized spacial score (nSPS) is 12.9. The van der Waals surface area contributed by atoms with Gasteiger partial charge in [0.1, 0.15) is 0 Å². The molecule has 0 radical (unpaired) electrons. The third kappa shape index (κ3) is 3.76. The van der Waals surface area contributed by atoms with Gasteiger partial charge < -0.3 is 4.90 Å². The van der Waals surface area contributed by atoms with E-state index in [0.717, 1.165) is 22.7 Å². The van der Waals surface area contributed by atoms with Crippen LogP contribution in [0.2, 0.25) is 0 Å². The van der Waals surface area contributed by atoms with Crippen molar-refractivity contribution >= 4 is 29.1 Å². The van der Waals surface area contributed by atoms with E-state index in [1.807, 2.05) is 11.4 Å². The molecule has 30 heavy (non-hydrogen) atoms. The van der Waals surface area contributed by atoms with Crippen LogP contribution in [-0.2, 0) is 19.5 Å². The van der Waals surface area contributed by atoms with Gasteiger partial charge in [-0.25, -0.2) is 4.98 Å². The van der Waals surface area contributed by atoms with E-state index in [4.69, 9.17) is 0 Å². The maximum atomic E-state index is 12.9. The molecule has 4 rings (SSSR count). The molecule has 3 aromatic rings. The first kappa shape index (κ1) is 20.0. The zero-order valence-electron chi connectivity index (χ0n) is 16.8. The second kappa shape index (κ2) is 8.20. The van der Waals surface area contributed by atoms with Crippen LogP contribution in [-0.4, -0.2) is 39.6 Å². The molecule has 0 fully saturated rings. The summed E-state index contributed by atoms with van der Waals surface area (Å²) in [6, 6.07) is 13.9. The molecule has 2 aromatic carbocycles. The Hall–Kier alpha value is -3.32. The van der Waals surface area contributed by atoms with E-state index in [0.29, 0.717) is 23.2 Å². The van der Waals surface area contributed by atoms with Crippen LogP contribution < -0.4 is 0 Å². The number of benzene rings is 2. The molecule has 7 heteroatoms. The van der Waals surface area contributed by atoms with Gasteiger partial charge in [0.2, 0.25) is 0 Å². The summed E-state index contributed by atoms with van der Waals surface area (Å²) in [5, 5.41) is 3.02. The van der Waals surface area contributed by atoms with Crippen molar-refractivity contribution in [3.8, 4) is 0 Å². The number of rotatable bonds is 6. The van der Waals surface area contributed by atoms with E-state index in [2.05, 4.69) is 11.9 Å². The summed E-state index contributed by atoms with van der Waals surface area (Å²) in [6.45, 7) is 2.61. The highest BCUT2D eigenvalue weighted by Gasteiger charge is 2.35. The average molecular weight is 420 g/mol. The molecule has 0 aliphatic carbocycles. The van der Waals surface area contributed by atoms with Crippen LogP contribution >= 0.6 is 11.3 Å². The van der Waals surface area contributed by atoms with Gasteiger partial charge in [-0.2, -0.15) is 0 Å². The molecule has 1 aromatic heterocycles. The molecule has 1 aliphatic heterocycles. The number of hydrogen-bond donors (Lipinski definition) is 0. The molecule has 1 aliphatic rings. The number of imide groups is 1. The molecule has 152 valence electrons. The molecule has 0 unspecified atom stereocenters. The molecule has 0 saturated heterocycles. The highest BCUT2D eigenvalue weighted by molar-refractivity contribution is 7.09. The first-order valence-electron chi connectivity index (χ1n) is 9.71. The number of aryl methyl sites for hydroxylation is 1. The summed E-state index contributed by atoms with van der Waals surface area (Å²) < 4.78 is 0. The number of carbonyl (C=O) groups is 3. The smallest absolute Gasteiger partial charge is 0.261 e. The summed E-state index contributed by atoms with van der Waals surface area (Å²) in [5.74, 6) is -0.746. The van der Waals surface area contributed by atoms with Crippen LogP contribution in [0.4, 0.5) is 0 Å². The van der Waals surface area contributed by atoms with Crippen molar-refractivity contribution in [2.75, 3.05) is 7.05 Å². The fourth-order valence-corrected chi connectivity index (χ4v) is 4.22. The Labute approximate surface area is 178 Å². The van der Waals surface area contributed by atoms with Crippen molar-refractivity contribution in [2.24, 2.45) is 0 Å². The summed E-state index contributed by atoms with van der Waals surface area (Å²) in [4.78, 5) is 45.4. The largest absolute Gasteiger partial charge is 0.336 e. The lowest BCUT2D eigenvalue weighted by Crippen LogP contribution is -2.29. The second-order valence-corrected chi connectivity index (χ2v) is 8.13. The van der Waals surface area contributed by atoms with Gasteiger partial charge in [0.15, 0.2) is 0 Å². The Bertz CT molecular complexity index is 1100. The van der Waals surface area contributed by atoms with Crippen LogP contribution in [0, 0.1) is 0 Å². The van der Waals surface area contributed by atoms with Crippen molar-refractivity contribution in [1.29, 1.82) is 0 Å². The molecular formula is C23H21N3O3S. The Morgan fingerprint density at radius 1 is 1.07 bits per heavy atom. The highest BCUT2D eigenvalue weighted by atomic mass is 32.1. The lowest BCUT2D eigenvalue weighted by atomic mass is 10.1. The molecule has 6 nitrogen and oxygen atoms in total. The van der Waals surface area contributed by atoms with Crippen LogP contribution in [0.3, 0.4) is 0 Å². The monoisotopic (exact) mass is 419 g/mol. The molecule has 0 saturated carbocycles. The van der Waals surface area contributed by atoms with Crippen molar-refractivity contribution in [3.05, 3.63) is 86.9 Å². The molecule has 0 N–H and O–H groups in total. The second-order valence-electron chi connectivity index (χ2n) is 7.19. The van der Waals surface area contributed by atoms with Crippen molar-refractivity contribution in [3.63, 3.8) is 0 Å². The fraction of sp³-hybridized carbons (Fsp3) is 0.217. The van der Waals surface area contributed by atoms with Crippen LogP contribution in [0.5, 0.6) is 0 Å². The highest BCUT2D eigenvalue weighted by Crippen LogP contribution is 2.24. The van der Waals surface area contributed by atoms with E-state index < -0.39 is 0 Å². The standard InChI is InChI=1S/C23H21N3O3S/c1-3-20-24-17(14-30-20)13-25(2)21(27)16-8-6-7-15(11-16)12-26-22(28)18-9-4-5-10-19(18)23(26)29/h4-11,14H,3,12-13H2,1-2H3. The van der Waals surface area contributed by atoms with E-state index in [9.17, 15) is 14.4 Å². The number of thiazole rings is 1. The lowest BCUT2D eigenvalue weighted by molar-refractivity contribution is 0.0642. The van der Waals surface area contributed by atoms with Gasteiger partial charge >= 0.3 is 0 Å². The Balaban J connectivity index is 1.48. The Morgan fingerprint density at radius 2 is 1.77 bits per heavy atom. The summed E-state index contributed by atoms with van der Waals surface area (Å²) in [6.07, 6.45) is 0.877. The Morgan fingerprint density at radius 3 is 2.40 bits per heavy atom. The summed E-state index contributed by atoms with van der Waals surface area (Å²) in [7, 11) is 1.74. The lowest BCUT2D eigenvalue weighted by Gasteiger charge is -2.18. The van der Waals surface area contributed by atoms with E-state index in [1.54, 1.807) is 65.7 Å². The molecular weight excluding hydrogens is 398 g/mol. The zero-order valence-corrected chi connectivity index (χ0v) is 17.6. The van der Waals surface area contributed by atoms with Crippen molar-refractivity contribution in [2.45, 2.75) is 26.4 Å². The minimum Gasteiger partial charge on any atom is -0.336 e. The topological polar surface area (TPSA) is 70.6 Å². The van der Waals surface area contributed by atoms with Gasteiger partial charge in [-0.3, -0.25) is 19.3 Å². The number of aromatic nitrogens is 1. The van der Waals surface area contributed by atoms with E-state index in [-0.39, 0.29) is 24.3 Å². The van der Waals surface area contributed by atoms with Crippen molar-refractivity contribution < 1.29 is 14.4 Å². The van der Waals surface area contributed by atoms with E-state index >= 15 is 0 Å². The van der Waals surface area contributed by atoms with Gasteiger partial charge in [0.25, 0.3) is 17.7 Å². The number of amides is 3. The first-order chi connectivity index (χ1) is 14.5. The van der Waals surface area contributed by atoms with Gasteiger partial charge in [0.05, 0.1) is 34.9 Å². The molecule has 0 atom stereocenters. The van der Waals surface area contributed by atoms with E-state index in [1.165, 1.54) is 4.90 Å². The van der Waals surface area contributed by atoms with Crippen molar-refractivity contribution in [1.82, 2.24) is 14.8 Å². The predicted molar refractivity (Wildman–Crippen MR) is 114 cm³/mol. The van der Waals surface area contributed by atoms with Gasteiger partial charge in [-0.05, 0) is 36.2 Å². The van der Waals surface area contributed by atoms with Gasteiger partial charge in [-0.1, -0.05) is 31.2 Å². The van der Waals surface area contributed by atoms with Crippen LogP contribution in [0.15, 0.2) is 53.9 Å². The SMILES string of the molecule is CCc1nc(CN(C)C(=O)c2cccc(CN3C(=O)c4ccccc4C3=O)c2)cs1.